The molecule has 3 aromatic carbocycles. The van der Waals surface area contributed by atoms with Crippen LogP contribution in [0, 0.1) is 23.3 Å². The number of amides is 2. The third-order valence-electron chi connectivity index (χ3n) is 6.58. The second kappa shape index (κ2) is 13.3. The number of ether oxygens (including phenoxy) is 1. The molecule has 0 aliphatic rings. The molecule has 0 aliphatic carbocycles. The van der Waals surface area contributed by atoms with Crippen LogP contribution in [0.3, 0.4) is 0 Å². The average Bonchev–Trinajstić information content (AvgIpc) is 2.92. The van der Waals surface area contributed by atoms with Crippen LogP contribution in [-0.4, -0.2) is 42.6 Å². The monoisotopic (exact) mass is 546 g/mol. The van der Waals surface area contributed by atoms with E-state index < -0.39 is 34.8 Å². The number of hydrogen-bond acceptors (Lipinski definition) is 4. The van der Waals surface area contributed by atoms with Crippen LogP contribution in [0.1, 0.15) is 59.2 Å². The molecule has 0 aromatic heterocycles. The van der Waals surface area contributed by atoms with E-state index in [4.69, 9.17) is 9.94 Å². The number of nitrogens with zero attached hydrogens (tertiary/aromatic N) is 1. The van der Waals surface area contributed by atoms with Crippen molar-refractivity contribution in [2.75, 3.05) is 20.7 Å². The molecule has 3 aromatic rings. The topological polar surface area (TPSA) is 78.9 Å². The average molecular weight is 547 g/mol. The molecule has 0 radical (unpaired) electrons. The maximum atomic E-state index is 15.1. The van der Waals surface area contributed by atoms with Gasteiger partial charge in [0.05, 0.1) is 0 Å². The molecule has 0 aliphatic heterocycles. The quantitative estimate of drug-likeness (QED) is 0.100. The predicted octanol–water partition coefficient (Wildman–Crippen LogP) is 5.71. The SMILES string of the molecule is COC(c1ccc(C(=O)N(C)CCCCCCC(=O)NO)cc1)(c1ccc(F)cc1F)c1ccc(F)cc1F. The molecule has 0 fully saturated rings. The molecular weight excluding hydrogens is 516 g/mol. The fourth-order valence-corrected chi connectivity index (χ4v) is 4.56. The van der Waals surface area contributed by atoms with Crippen molar-refractivity contribution in [3.8, 4) is 0 Å². The highest BCUT2D eigenvalue weighted by molar-refractivity contribution is 5.94. The van der Waals surface area contributed by atoms with Gasteiger partial charge in [-0.2, -0.15) is 0 Å². The van der Waals surface area contributed by atoms with E-state index in [1.165, 1.54) is 36.3 Å². The number of carbonyl (C=O) groups is 2. The summed E-state index contributed by atoms with van der Waals surface area (Å²) in [5.41, 5.74) is -0.135. The van der Waals surface area contributed by atoms with Gasteiger partial charge in [-0.1, -0.05) is 25.0 Å². The Bertz CT molecular complexity index is 1250. The standard InChI is InChI=1S/C29H30F4N2O4/c1-35(16-6-4-3-5-7-27(36)34-38)28(37)19-8-10-20(11-9-19)29(39-2,23-14-12-21(30)17-25(23)32)24-15-13-22(31)18-26(24)33/h8-15,17-18,38H,3-7,16H2,1-2H3,(H,34,36). The number of methoxy groups -OCH3 is 1. The van der Waals surface area contributed by atoms with Crippen LogP contribution in [0.5, 0.6) is 0 Å². The maximum Gasteiger partial charge on any atom is 0.253 e. The van der Waals surface area contributed by atoms with Gasteiger partial charge < -0.3 is 9.64 Å². The Morgan fingerprint density at radius 2 is 1.38 bits per heavy atom. The zero-order valence-corrected chi connectivity index (χ0v) is 21.6. The van der Waals surface area contributed by atoms with E-state index in [1.807, 2.05) is 0 Å². The van der Waals surface area contributed by atoms with E-state index in [9.17, 15) is 18.4 Å². The third-order valence-corrected chi connectivity index (χ3v) is 6.58. The first kappa shape index (κ1) is 29.8. The van der Waals surface area contributed by atoms with E-state index >= 15 is 8.78 Å². The fraction of sp³-hybridized carbons (Fsp3) is 0.310. The first-order valence-electron chi connectivity index (χ1n) is 12.4. The second-order valence-electron chi connectivity index (χ2n) is 9.14. The normalized spacial score (nSPS) is 11.4. The number of unbranched alkanes of at least 4 members (excludes halogenated alkanes) is 3. The number of hydrogen-bond donors (Lipinski definition) is 2. The lowest BCUT2D eigenvalue weighted by molar-refractivity contribution is -0.129. The van der Waals surface area contributed by atoms with Gasteiger partial charge in [0.2, 0.25) is 5.91 Å². The minimum atomic E-state index is -1.91. The smallest absolute Gasteiger partial charge is 0.253 e. The molecule has 0 heterocycles. The summed E-state index contributed by atoms with van der Waals surface area (Å²) in [6.45, 7) is 0.469. The minimum absolute atomic E-state index is 0.190. The molecule has 0 saturated carbocycles. The lowest BCUT2D eigenvalue weighted by Crippen LogP contribution is -2.34. The Hall–Kier alpha value is -3.76. The maximum absolute atomic E-state index is 15.1. The number of benzene rings is 3. The van der Waals surface area contributed by atoms with Gasteiger partial charge in [0.15, 0.2) is 0 Å². The van der Waals surface area contributed by atoms with Crippen molar-refractivity contribution in [2.45, 2.75) is 37.7 Å². The molecule has 0 unspecified atom stereocenters. The van der Waals surface area contributed by atoms with Crippen molar-refractivity contribution >= 4 is 11.8 Å². The van der Waals surface area contributed by atoms with E-state index in [2.05, 4.69) is 0 Å². The van der Waals surface area contributed by atoms with Crippen molar-refractivity contribution in [2.24, 2.45) is 0 Å². The summed E-state index contributed by atoms with van der Waals surface area (Å²) in [5, 5.41) is 8.50. The summed E-state index contributed by atoms with van der Waals surface area (Å²) in [5.74, 6) is -4.35. The van der Waals surface area contributed by atoms with Gasteiger partial charge >= 0.3 is 0 Å². The van der Waals surface area contributed by atoms with Crippen LogP contribution in [0.2, 0.25) is 0 Å². The number of carbonyl (C=O) groups excluding carboxylic acids is 2. The van der Waals surface area contributed by atoms with Gasteiger partial charge in [-0.3, -0.25) is 14.8 Å². The van der Waals surface area contributed by atoms with Crippen LogP contribution in [0.15, 0.2) is 60.7 Å². The zero-order chi connectivity index (χ0) is 28.6. The van der Waals surface area contributed by atoms with Crippen molar-refractivity contribution in [3.63, 3.8) is 0 Å². The van der Waals surface area contributed by atoms with Crippen LogP contribution >= 0.6 is 0 Å². The minimum Gasteiger partial charge on any atom is -0.364 e. The van der Waals surface area contributed by atoms with E-state index in [0.29, 0.717) is 37.1 Å². The van der Waals surface area contributed by atoms with E-state index in [0.717, 1.165) is 37.1 Å². The third kappa shape index (κ3) is 6.82. The summed E-state index contributed by atoms with van der Waals surface area (Å²) in [4.78, 5) is 25.5. The highest BCUT2D eigenvalue weighted by atomic mass is 19.1. The van der Waals surface area contributed by atoms with Gasteiger partial charge in [0, 0.05) is 55.9 Å². The molecular formula is C29H30F4N2O4. The molecule has 10 heteroatoms. The molecule has 2 N–H and O–H groups in total. The van der Waals surface area contributed by atoms with Crippen LogP contribution < -0.4 is 5.48 Å². The fourth-order valence-electron chi connectivity index (χ4n) is 4.56. The highest BCUT2D eigenvalue weighted by Crippen LogP contribution is 2.42. The van der Waals surface area contributed by atoms with Crippen molar-refractivity contribution in [1.29, 1.82) is 0 Å². The van der Waals surface area contributed by atoms with Gasteiger partial charge in [0.1, 0.15) is 28.9 Å². The van der Waals surface area contributed by atoms with Gasteiger partial charge in [-0.05, 0) is 54.8 Å². The Morgan fingerprint density at radius 3 is 1.87 bits per heavy atom. The molecule has 3 rings (SSSR count). The lowest BCUT2D eigenvalue weighted by atomic mass is 9.79. The molecule has 0 saturated heterocycles. The van der Waals surface area contributed by atoms with Crippen molar-refractivity contribution in [1.82, 2.24) is 10.4 Å². The summed E-state index contributed by atoms with van der Waals surface area (Å²) in [6.07, 6.45) is 3.11. The van der Waals surface area contributed by atoms with Gasteiger partial charge in [-0.15, -0.1) is 0 Å². The number of halogens is 4. The second-order valence-corrected chi connectivity index (χ2v) is 9.14. The van der Waals surface area contributed by atoms with E-state index in [1.54, 1.807) is 12.5 Å². The van der Waals surface area contributed by atoms with Crippen LogP contribution in [0.4, 0.5) is 17.6 Å². The van der Waals surface area contributed by atoms with Crippen LogP contribution in [0.25, 0.3) is 0 Å². The molecule has 6 nitrogen and oxygen atoms in total. The Balaban J connectivity index is 1.85. The number of rotatable bonds is 12. The Labute approximate surface area is 224 Å². The van der Waals surface area contributed by atoms with Crippen molar-refractivity contribution in [3.05, 3.63) is 106 Å². The Kier molecular flexibility index (Phi) is 10.2. The summed E-state index contributed by atoms with van der Waals surface area (Å²) >= 11 is 0. The van der Waals surface area contributed by atoms with Gasteiger partial charge in [0.25, 0.3) is 5.91 Å². The number of hydroxylamine groups is 1. The first-order chi connectivity index (χ1) is 18.6. The largest absolute Gasteiger partial charge is 0.364 e. The Morgan fingerprint density at radius 1 is 0.846 bits per heavy atom. The van der Waals surface area contributed by atoms with Crippen LogP contribution in [-0.2, 0) is 15.1 Å². The highest BCUT2D eigenvalue weighted by Gasteiger charge is 2.41. The molecule has 208 valence electrons. The molecule has 39 heavy (non-hydrogen) atoms. The van der Waals surface area contributed by atoms with E-state index in [-0.39, 0.29) is 29.0 Å². The molecule has 0 spiro atoms. The summed E-state index contributed by atoms with van der Waals surface area (Å²) in [7, 11) is 2.88. The lowest BCUT2D eigenvalue weighted by Gasteiger charge is -2.35. The summed E-state index contributed by atoms with van der Waals surface area (Å²) < 4.78 is 63.3. The first-order valence-corrected chi connectivity index (χ1v) is 12.4. The predicted molar refractivity (Wildman–Crippen MR) is 136 cm³/mol. The zero-order valence-electron chi connectivity index (χ0n) is 21.6. The number of nitrogens with one attached hydrogen (secondary N) is 1. The summed E-state index contributed by atoms with van der Waals surface area (Å²) in [6, 6.07) is 11.6. The van der Waals surface area contributed by atoms with Crippen molar-refractivity contribution < 1.29 is 37.1 Å². The van der Waals surface area contributed by atoms with Gasteiger partial charge in [-0.25, -0.2) is 23.0 Å². The molecule has 0 atom stereocenters. The molecule has 2 amide bonds. The molecule has 0 bridgehead atoms.